The second kappa shape index (κ2) is 3.10. The molecule has 0 fully saturated rings. The SMILES string of the molecule is O=C1C=CC2=NC=C3C([N+](=O)[O-])=CC=CC32C1. The summed E-state index contributed by atoms with van der Waals surface area (Å²) in [7, 11) is 0. The van der Waals surface area contributed by atoms with E-state index in [-0.39, 0.29) is 17.9 Å². The molecule has 17 heavy (non-hydrogen) atoms. The third kappa shape index (κ3) is 1.19. The molecule has 5 heteroatoms. The molecule has 0 amide bonds. The number of nitrogens with zero attached hydrogens (tertiary/aromatic N) is 2. The predicted octanol–water partition coefficient (Wildman–Crippen LogP) is 1.57. The summed E-state index contributed by atoms with van der Waals surface area (Å²) in [6.07, 6.45) is 9.72. The Morgan fingerprint density at radius 3 is 3.00 bits per heavy atom. The van der Waals surface area contributed by atoms with Gasteiger partial charge in [0.2, 0.25) is 0 Å². The lowest BCUT2D eigenvalue weighted by atomic mass is 9.68. The average molecular weight is 228 g/mol. The van der Waals surface area contributed by atoms with Crippen LogP contribution in [0.4, 0.5) is 0 Å². The van der Waals surface area contributed by atoms with Crippen molar-refractivity contribution in [2.45, 2.75) is 6.42 Å². The Morgan fingerprint density at radius 2 is 2.24 bits per heavy atom. The average Bonchev–Trinajstić information content (AvgIpc) is 2.66. The molecule has 0 aromatic carbocycles. The summed E-state index contributed by atoms with van der Waals surface area (Å²) in [4.78, 5) is 26.2. The van der Waals surface area contributed by atoms with Gasteiger partial charge in [0.15, 0.2) is 5.78 Å². The maximum Gasteiger partial charge on any atom is 0.275 e. The van der Waals surface area contributed by atoms with Crippen LogP contribution in [-0.2, 0) is 4.79 Å². The topological polar surface area (TPSA) is 72.6 Å². The number of rotatable bonds is 1. The number of nitro groups is 1. The van der Waals surface area contributed by atoms with Crippen LogP contribution in [0.3, 0.4) is 0 Å². The van der Waals surface area contributed by atoms with Crippen LogP contribution < -0.4 is 0 Å². The van der Waals surface area contributed by atoms with Crippen LogP contribution in [0.1, 0.15) is 6.42 Å². The zero-order chi connectivity index (χ0) is 12.0. The second-order valence-corrected chi connectivity index (χ2v) is 4.17. The molecule has 1 unspecified atom stereocenters. The minimum absolute atomic E-state index is 0.0225. The van der Waals surface area contributed by atoms with E-state index >= 15 is 0 Å². The van der Waals surface area contributed by atoms with Crippen LogP contribution >= 0.6 is 0 Å². The van der Waals surface area contributed by atoms with Gasteiger partial charge in [-0.1, -0.05) is 12.2 Å². The van der Waals surface area contributed by atoms with Gasteiger partial charge in [-0.2, -0.15) is 0 Å². The monoisotopic (exact) mass is 228 g/mol. The first-order valence-corrected chi connectivity index (χ1v) is 5.18. The zero-order valence-corrected chi connectivity index (χ0v) is 8.79. The van der Waals surface area contributed by atoms with Crippen LogP contribution in [0.15, 0.2) is 52.8 Å². The Kier molecular flexibility index (Phi) is 1.80. The van der Waals surface area contributed by atoms with Gasteiger partial charge in [-0.3, -0.25) is 19.9 Å². The summed E-state index contributed by atoms with van der Waals surface area (Å²) in [6, 6.07) is 0. The molecule has 1 atom stereocenters. The highest BCUT2D eigenvalue weighted by Crippen LogP contribution is 2.47. The van der Waals surface area contributed by atoms with Gasteiger partial charge in [0.1, 0.15) is 0 Å². The number of aliphatic imine (C=N–C) groups is 1. The van der Waals surface area contributed by atoms with Gasteiger partial charge in [0, 0.05) is 18.7 Å². The minimum atomic E-state index is -0.705. The fourth-order valence-electron chi connectivity index (χ4n) is 2.47. The van der Waals surface area contributed by atoms with Crippen LogP contribution in [-0.4, -0.2) is 16.4 Å². The first-order valence-electron chi connectivity index (χ1n) is 5.18. The van der Waals surface area contributed by atoms with E-state index in [0.29, 0.717) is 11.3 Å². The molecule has 0 N–H and O–H groups in total. The van der Waals surface area contributed by atoms with Gasteiger partial charge in [-0.05, 0) is 12.2 Å². The van der Waals surface area contributed by atoms with Crippen molar-refractivity contribution in [3.05, 3.63) is 58.0 Å². The lowest BCUT2D eigenvalue weighted by molar-refractivity contribution is -0.421. The lowest BCUT2D eigenvalue weighted by Crippen LogP contribution is -2.35. The Balaban J connectivity index is 2.16. The summed E-state index contributed by atoms with van der Waals surface area (Å²) >= 11 is 0. The normalized spacial score (nSPS) is 29.2. The molecular formula is C12H8N2O3. The quantitative estimate of drug-likeness (QED) is 0.505. The third-order valence-electron chi connectivity index (χ3n) is 3.26. The molecule has 2 aliphatic carbocycles. The molecule has 1 heterocycles. The fraction of sp³-hybridized carbons (Fsp3) is 0.167. The van der Waals surface area contributed by atoms with E-state index < -0.39 is 10.3 Å². The minimum Gasteiger partial charge on any atom is -0.295 e. The molecule has 5 nitrogen and oxygen atoms in total. The molecule has 1 aliphatic heterocycles. The molecule has 3 rings (SSSR count). The Morgan fingerprint density at radius 1 is 1.41 bits per heavy atom. The number of carbonyl (C=O) groups excluding carboxylic acids is 1. The Labute approximate surface area is 96.7 Å². The van der Waals surface area contributed by atoms with E-state index in [9.17, 15) is 14.9 Å². The molecular weight excluding hydrogens is 220 g/mol. The summed E-state index contributed by atoms with van der Waals surface area (Å²) < 4.78 is 0. The number of ketones is 1. The van der Waals surface area contributed by atoms with Gasteiger partial charge < -0.3 is 0 Å². The van der Waals surface area contributed by atoms with E-state index in [2.05, 4.69) is 4.99 Å². The first-order chi connectivity index (χ1) is 8.13. The van der Waals surface area contributed by atoms with Crippen LogP contribution in [0.2, 0.25) is 0 Å². The van der Waals surface area contributed by atoms with E-state index in [1.165, 1.54) is 18.4 Å². The highest BCUT2D eigenvalue weighted by molar-refractivity contribution is 6.15. The maximum absolute atomic E-state index is 11.5. The fourth-order valence-corrected chi connectivity index (χ4v) is 2.47. The van der Waals surface area contributed by atoms with E-state index in [0.717, 1.165) is 0 Å². The predicted molar refractivity (Wildman–Crippen MR) is 60.9 cm³/mol. The standard InChI is InChI=1S/C12H8N2O3/c15-8-3-4-11-12(6-8)5-1-2-10(14(16)17)9(12)7-13-11/h1-5,7H,6H2. The van der Waals surface area contributed by atoms with Crippen LogP contribution in [0.25, 0.3) is 0 Å². The summed E-state index contributed by atoms with van der Waals surface area (Å²) in [5.41, 5.74) is 0.533. The zero-order valence-electron chi connectivity index (χ0n) is 8.79. The van der Waals surface area contributed by atoms with E-state index in [1.807, 2.05) is 6.08 Å². The largest absolute Gasteiger partial charge is 0.295 e. The highest BCUT2D eigenvalue weighted by atomic mass is 16.6. The maximum atomic E-state index is 11.5. The van der Waals surface area contributed by atoms with Crippen molar-refractivity contribution in [1.29, 1.82) is 0 Å². The van der Waals surface area contributed by atoms with Crippen molar-refractivity contribution in [3.8, 4) is 0 Å². The molecule has 0 aromatic rings. The van der Waals surface area contributed by atoms with Gasteiger partial charge >= 0.3 is 0 Å². The summed E-state index contributed by atoms with van der Waals surface area (Å²) in [6.45, 7) is 0. The number of carbonyl (C=O) groups is 1. The van der Waals surface area contributed by atoms with Gasteiger partial charge in [0.05, 0.1) is 21.6 Å². The molecule has 1 spiro atoms. The highest BCUT2D eigenvalue weighted by Gasteiger charge is 2.48. The van der Waals surface area contributed by atoms with E-state index in [1.54, 1.807) is 12.2 Å². The van der Waals surface area contributed by atoms with Crippen molar-refractivity contribution < 1.29 is 9.72 Å². The number of hydrogen-bond acceptors (Lipinski definition) is 4. The molecule has 0 radical (unpaired) electrons. The van der Waals surface area contributed by atoms with E-state index in [4.69, 9.17) is 0 Å². The molecule has 0 aromatic heterocycles. The number of hydrogen-bond donors (Lipinski definition) is 0. The Hall–Kier alpha value is -2.30. The van der Waals surface area contributed by atoms with Crippen molar-refractivity contribution in [2.24, 2.45) is 10.4 Å². The Bertz CT molecular complexity index is 593. The summed E-state index contributed by atoms with van der Waals surface area (Å²) in [5.74, 6) is -0.0361. The third-order valence-corrected chi connectivity index (χ3v) is 3.26. The molecule has 0 saturated carbocycles. The van der Waals surface area contributed by atoms with Crippen molar-refractivity contribution in [1.82, 2.24) is 0 Å². The van der Waals surface area contributed by atoms with Crippen molar-refractivity contribution in [2.75, 3.05) is 0 Å². The molecule has 0 bridgehead atoms. The van der Waals surface area contributed by atoms with Crippen LogP contribution in [0.5, 0.6) is 0 Å². The van der Waals surface area contributed by atoms with Gasteiger partial charge in [0.25, 0.3) is 5.70 Å². The first kappa shape index (κ1) is 9.89. The molecule has 3 aliphatic rings. The van der Waals surface area contributed by atoms with Gasteiger partial charge in [-0.15, -0.1) is 0 Å². The van der Waals surface area contributed by atoms with Crippen molar-refractivity contribution in [3.63, 3.8) is 0 Å². The van der Waals surface area contributed by atoms with Gasteiger partial charge in [-0.25, -0.2) is 0 Å². The number of allylic oxidation sites excluding steroid dienone is 6. The smallest absolute Gasteiger partial charge is 0.275 e. The summed E-state index contributed by atoms with van der Waals surface area (Å²) in [5, 5.41) is 11.0. The second-order valence-electron chi connectivity index (χ2n) is 4.17. The molecule has 84 valence electrons. The van der Waals surface area contributed by atoms with Crippen molar-refractivity contribution >= 4 is 11.5 Å². The van der Waals surface area contributed by atoms with Crippen LogP contribution in [0, 0.1) is 15.5 Å². The lowest BCUT2D eigenvalue weighted by Gasteiger charge is -2.31. The molecule has 0 saturated heterocycles.